The zero-order chi connectivity index (χ0) is 6.28. The van der Waals surface area contributed by atoms with Gasteiger partial charge in [0.05, 0.1) is 0 Å². The summed E-state index contributed by atoms with van der Waals surface area (Å²) in [6.07, 6.45) is 1.25. The van der Waals surface area contributed by atoms with Crippen molar-refractivity contribution in [2.45, 2.75) is 20.3 Å². The highest BCUT2D eigenvalue weighted by Crippen LogP contribution is 2.10. The van der Waals surface area contributed by atoms with Crippen molar-refractivity contribution in [2.75, 3.05) is 0 Å². The highest BCUT2D eigenvalue weighted by Gasteiger charge is 1.87. The van der Waals surface area contributed by atoms with E-state index in [4.69, 9.17) is 0 Å². The molecule has 4 heteroatoms. The van der Waals surface area contributed by atoms with Crippen LogP contribution in [0, 0.1) is 0 Å². The molecular formula is C3H8BI3. The molecule has 0 fully saturated rings. The summed E-state index contributed by atoms with van der Waals surface area (Å²) >= 11 is 6.95. The van der Waals surface area contributed by atoms with Gasteiger partial charge in [0.25, 0.3) is 0 Å². The molecule has 7 heavy (non-hydrogen) atoms. The third-order valence-electron chi connectivity index (χ3n) is 0. The van der Waals surface area contributed by atoms with Crippen molar-refractivity contribution in [2.24, 2.45) is 0 Å². The van der Waals surface area contributed by atoms with E-state index >= 15 is 0 Å². The van der Waals surface area contributed by atoms with Crippen LogP contribution < -0.4 is 0 Å². The molecule has 0 aromatic carbocycles. The lowest BCUT2D eigenvalue weighted by Crippen LogP contribution is -1.59. The average Bonchev–Trinajstić information content (AvgIpc) is 1.33. The lowest BCUT2D eigenvalue weighted by atomic mass is 10.6. The van der Waals surface area contributed by atoms with Crippen molar-refractivity contribution < 1.29 is 0 Å². The Kier molecular flexibility index (Phi) is 19.0. The molecule has 0 atom stereocenters. The van der Waals surface area contributed by atoms with Crippen LogP contribution in [-0.2, 0) is 0 Å². The minimum absolute atomic E-state index is 0.743. The summed E-state index contributed by atoms with van der Waals surface area (Å²) in [7, 11) is 0. The van der Waals surface area contributed by atoms with Crippen LogP contribution in [0.3, 0.4) is 0 Å². The van der Waals surface area contributed by atoms with E-state index in [-0.39, 0.29) is 0 Å². The second-order valence-electron chi connectivity index (χ2n) is 0.955. The highest BCUT2D eigenvalue weighted by atomic mass is 127. The summed E-state index contributed by atoms with van der Waals surface area (Å²) in [6.45, 7) is 4.25. The molecule has 0 aromatic rings. The average molecular weight is 436 g/mol. The van der Waals surface area contributed by atoms with Gasteiger partial charge in [-0.2, -0.15) is 0 Å². The third kappa shape index (κ3) is 63.5. The van der Waals surface area contributed by atoms with Gasteiger partial charge < -0.3 is 0 Å². The Morgan fingerprint density at radius 2 is 1.14 bits per heavy atom. The van der Waals surface area contributed by atoms with Crippen LogP contribution in [0.15, 0.2) is 0 Å². The Labute approximate surface area is 86.3 Å². The smallest absolute Gasteiger partial charge is 0.118 e. The van der Waals surface area contributed by atoms with Gasteiger partial charge in [-0.1, -0.05) is 20.3 Å². The first-order chi connectivity index (χ1) is 3.15. The lowest BCUT2D eigenvalue weighted by molar-refractivity contribution is 1.09. The second-order valence-corrected chi connectivity index (χ2v) is 11.8. The molecule has 0 saturated carbocycles. The van der Waals surface area contributed by atoms with Crippen molar-refractivity contribution in [1.82, 2.24) is 0 Å². The van der Waals surface area contributed by atoms with Gasteiger partial charge in [0.2, 0.25) is 0 Å². The van der Waals surface area contributed by atoms with E-state index in [0.29, 0.717) is 0 Å². The monoisotopic (exact) mass is 436 g/mol. The molecule has 0 radical (unpaired) electrons. The van der Waals surface area contributed by atoms with Gasteiger partial charge >= 0.3 is 0.282 Å². The standard InChI is InChI=1S/C3H8.BI3/c1-3-2;2-1(3)4/h3H2,1-2H3;. The van der Waals surface area contributed by atoms with Gasteiger partial charge in [-0.3, -0.25) is 0 Å². The van der Waals surface area contributed by atoms with E-state index in [1.54, 1.807) is 0 Å². The van der Waals surface area contributed by atoms with Crippen LogP contribution in [0.4, 0.5) is 0 Å². The van der Waals surface area contributed by atoms with Gasteiger partial charge in [-0.05, 0) is 0 Å². The molecule has 0 aliphatic rings. The van der Waals surface area contributed by atoms with E-state index in [1.165, 1.54) is 6.42 Å². The van der Waals surface area contributed by atoms with Crippen molar-refractivity contribution in [3.8, 4) is 0 Å². The van der Waals surface area contributed by atoms with Crippen LogP contribution in [0.1, 0.15) is 20.3 Å². The first-order valence-electron chi connectivity index (χ1n) is 2.07. The first-order valence-corrected chi connectivity index (χ1v) is 5.81. The lowest BCUT2D eigenvalue weighted by Gasteiger charge is -1.63. The summed E-state index contributed by atoms with van der Waals surface area (Å²) in [5, 5.41) is 0. The molecule has 0 saturated heterocycles. The maximum Gasteiger partial charge on any atom is 0.355 e. The molecule has 0 rings (SSSR count). The Balaban J connectivity index is 0. The maximum atomic E-state index is 2.32. The zero-order valence-electron chi connectivity index (χ0n) is 4.42. The SMILES string of the molecule is CCC.IB(I)I. The minimum atomic E-state index is 0.743. The summed E-state index contributed by atoms with van der Waals surface area (Å²) in [4.78, 5) is 0. The molecule has 44 valence electrons. The minimum Gasteiger partial charge on any atom is -0.118 e. The van der Waals surface area contributed by atoms with Gasteiger partial charge in [-0.15, -0.1) is 67.1 Å². The van der Waals surface area contributed by atoms with E-state index in [1.807, 2.05) is 0 Å². The van der Waals surface area contributed by atoms with Crippen LogP contribution in [0.25, 0.3) is 0 Å². The molecular weight excluding hydrogens is 428 g/mol. The number of halogens is 3. The Morgan fingerprint density at radius 3 is 1.14 bits per heavy atom. The van der Waals surface area contributed by atoms with E-state index in [2.05, 4.69) is 81.0 Å². The Bertz CT molecular complexity index is 21.4. The normalized spacial score (nSPS) is 6.43. The summed E-state index contributed by atoms with van der Waals surface area (Å²) in [5.41, 5.74) is 0. The maximum absolute atomic E-state index is 2.32. The molecule has 0 aromatic heterocycles. The third-order valence-corrected chi connectivity index (χ3v) is 0. The summed E-state index contributed by atoms with van der Waals surface area (Å²) in [5.74, 6) is 0. The van der Waals surface area contributed by atoms with Crippen LogP contribution in [0.2, 0.25) is 0 Å². The molecule has 0 N–H and O–H groups in total. The Morgan fingerprint density at radius 1 is 1.14 bits per heavy atom. The van der Waals surface area contributed by atoms with Crippen molar-refractivity contribution in [1.29, 1.82) is 0 Å². The summed E-state index contributed by atoms with van der Waals surface area (Å²) in [6, 6.07) is 0. The van der Waals surface area contributed by atoms with Gasteiger partial charge in [0, 0.05) is 0 Å². The largest absolute Gasteiger partial charge is 0.355 e. The molecule has 0 spiro atoms. The van der Waals surface area contributed by atoms with Crippen molar-refractivity contribution in [3.05, 3.63) is 0 Å². The highest BCUT2D eigenvalue weighted by molar-refractivity contribution is 14.4. The molecule has 0 aliphatic carbocycles. The number of hydrogen-bond acceptors (Lipinski definition) is 0. The van der Waals surface area contributed by atoms with Gasteiger partial charge in [0.15, 0.2) is 0 Å². The van der Waals surface area contributed by atoms with E-state index in [9.17, 15) is 0 Å². The Hall–Kier alpha value is 2.25. The van der Waals surface area contributed by atoms with E-state index in [0.717, 1.165) is 0.282 Å². The topological polar surface area (TPSA) is 0 Å². The van der Waals surface area contributed by atoms with Gasteiger partial charge in [-0.25, -0.2) is 0 Å². The number of rotatable bonds is 0. The predicted molar refractivity (Wildman–Crippen MR) is 63.8 cm³/mol. The molecule has 0 amide bonds. The van der Waals surface area contributed by atoms with Crippen LogP contribution >= 0.6 is 67.1 Å². The molecule has 0 bridgehead atoms. The van der Waals surface area contributed by atoms with Crippen molar-refractivity contribution in [3.63, 3.8) is 0 Å². The fraction of sp³-hybridized carbons (Fsp3) is 1.00. The molecule has 0 aliphatic heterocycles. The second kappa shape index (κ2) is 11.1. The fourth-order valence-electron chi connectivity index (χ4n) is 0. The first kappa shape index (κ1) is 12.0. The van der Waals surface area contributed by atoms with E-state index < -0.39 is 0 Å². The molecule has 0 nitrogen and oxygen atoms in total. The summed E-state index contributed by atoms with van der Waals surface area (Å²) < 4.78 is 0.743. The zero-order valence-corrected chi connectivity index (χ0v) is 10.9. The van der Waals surface area contributed by atoms with Gasteiger partial charge in [0.1, 0.15) is 0 Å². The van der Waals surface area contributed by atoms with Crippen LogP contribution in [-0.4, -0.2) is 0.282 Å². The fourth-order valence-corrected chi connectivity index (χ4v) is 0. The van der Waals surface area contributed by atoms with Crippen molar-refractivity contribution >= 4 is 67.4 Å². The molecule has 0 unspecified atom stereocenters. The quantitative estimate of drug-likeness (QED) is 0.402. The molecule has 0 heterocycles. The van der Waals surface area contributed by atoms with Crippen LogP contribution in [0.5, 0.6) is 0 Å². The predicted octanol–water partition coefficient (Wildman–Crippen LogP) is 3.69. The number of hydrogen-bond donors (Lipinski definition) is 0.